The van der Waals surface area contributed by atoms with Crippen LogP contribution < -0.4 is 0 Å². The maximum atomic E-state index is 2.39. The normalized spacial score (nSPS) is 21.0. The second-order valence-electron chi connectivity index (χ2n) is 6.31. The highest BCUT2D eigenvalue weighted by molar-refractivity contribution is 5.94. The molecule has 0 spiro atoms. The van der Waals surface area contributed by atoms with Crippen molar-refractivity contribution in [2.75, 3.05) is 0 Å². The van der Waals surface area contributed by atoms with E-state index in [1.807, 2.05) is 0 Å². The Hall–Kier alpha value is -1.82. The third-order valence-electron chi connectivity index (χ3n) is 4.83. The average Bonchev–Trinajstić information content (AvgIpc) is 2.46. The standard InChI is InChI=1S/C20H20/c1-13-7-9-18-16(11-13)8-10-19-17-6-4-3-5-15(17)12-14(2)20(18)19/h4,6-11,14H,3,5,12H2,1-2H3. The molecule has 0 bridgehead atoms. The summed E-state index contributed by atoms with van der Waals surface area (Å²) in [5, 5.41) is 2.84. The molecule has 0 radical (unpaired) electrons. The van der Waals surface area contributed by atoms with Crippen molar-refractivity contribution in [3.8, 4) is 0 Å². The first-order chi connectivity index (χ1) is 9.74. The van der Waals surface area contributed by atoms with Gasteiger partial charge in [0, 0.05) is 0 Å². The molecule has 2 aromatic carbocycles. The molecule has 0 saturated heterocycles. The Morgan fingerprint density at radius 2 is 2.00 bits per heavy atom. The molecular formula is C20H20. The number of hydrogen-bond donors (Lipinski definition) is 0. The van der Waals surface area contributed by atoms with E-state index >= 15 is 0 Å². The largest absolute Gasteiger partial charge is 0.0836 e. The molecule has 100 valence electrons. The predicted octanol–water partition coefficient (Wildman–Crippen LogP) is 5.76. The van der Waals surface area contributed by atoms with Crippen LogP contribution in [-0.2, 0) is 0 Å². The number of allylic oxidation sites excluding steroid dienone is 4. The van der Waals surface area contributed by atoms with E-state index in [2.05, 4.69) is 56.3 Å². The zero-order chi connectivity index (χ0) is 13.7. The Kier molecular flexibility index (Phi) is 2.60. The van der Waals surface area contributed by atoms with Crippen LogP contribution in [-0.4, -0.2) is 0 Å². The summed E-state index contributed by atoms with van der Waals surface area (Å²) in [6.07, 6.45) is 8.39. The van der Waals surface area contributed by atoms with Gasteiger partial charge in [-0.25, -0.2) is 0 Å². The minimum absolute atomic E-state index is 0.640. The van der Waals surface area contributed by atoms with Crippen LogP contribution in [0.2, 0.25) is 0 Å². The highest BCUT2D eigenvalue weighted by Gasteiger charge is 2.25. The van der Waals surface area contributed by atoms with Crippen molar-refractivity contribution in [1.29, 1.82) is 0 Å². The van der Waals surface area contributed by atoms with Crippen LogP contribution >= 0.6 is 0 Å². The van der Waals surface area contributed by atoms with E-state index in [0.717, 1.165) is 0 Å². The molecule has 2 aliphatic carbocycles. The number of fused-ring (bicyclic) bond motifs is 4. The van der Waals surface area contributed by atoms with Crippen molar-refractivity contribution in [3.63, 3.8) is 0 Å². The van der Waals surface area contributed by atoms with Crippen molar-refractivity contribution in [2.45, 2.75) is 39.0 Å². The van der Waals surface area contributed by atoms with E-state index in [1.54, 1.807) is 11.1 Å². The Balaban J connectivity index is 2.04. The van der Waals surface area contributed by atoms with Crippen LogP contribution in [0, 0.1) is 6.92 Å². The van der Waals surface area contributed by atoms with Gasteiger partial charge in [-0.1, -0.05) is 60.5 Å². The lowest BCUT2D eigenvalue weighted by Crippen LogP contribution is -2.10. The molecule has 0 heteroatoms. The first-order valence-electron chi connectivity index (χ1n) is 7.66. The summed E-state index contributed by atoms with van der Waals surface area (Å²) in [5.41, 5.74) is 7.56. The minimum atomic E-state index is 0.640. The number of rotatable bonds is 0. The van der Waals surface area contributed by atoms with Gasteiger partial charge < -0.3 is 0 Å². The van der Waals surface area contributed by atoms with Crippen LogP contribution in [0.4, 0.5) is 0 Å². The van der Waals surface area contributed by atoms with E-state index in [4.69, 9.17) is 0 Å². The minimum Gasteiger partial charge on any atom is -0.0836 e. The van der Waals surface area contributed by atoms with Gasteiger partial charge in [-0.15, -0.1) is 0 Å². The van der Waals surface area contributed by atoms with Gasteiger partial charge in [-0.2, -0.15) is 0 Å². The van der Waals surface area contributed by atoms with Gasteiger partial charge >= 0.3 is 0 Å². The van der Waals surface area contributed by atoms with E-state index in [9.17, 15) is 0 Å². The molecular weight excluding hydrogens is 240 g/mol. The Labute approximate surface area is 120 Å². The molecule has 0 N–H and O–H groups in total. The van der Waals surface area contributed by atoms with Crippen LogP contribution in [0.5, 0.6) is 0 Å². The highest BCUT2D eigenvalue weighted by atomic mass is 14.3. The van der Waals surface area contributed by atoms with Crippen LogP contribution in [0.3, 0.4) is 0 Å². The lowest BCUT2D eigenvalue weighted by Gasteiger charge is -2.30. The highest BCUT2D eigenvalue weighted by Crippen LogP contribution is 2.45. The first-order valence-corrected chi connectivity index (χ1v) is 7.66. The van der Waals surface area contributed by atoms with E-state index in [-0.39, 0.29) is 0 Å². The van der Waals surface area contributed by atoms with Crippen molar-refractivity contribution >= 4 is 16.3 Å². The third kappa shape index (κ3) is 1.67. The van der Waals surface area contributed by atoms with E-state index < -0.39 is 0 Å². The molecule has 0 fully saturated rings. The summed E-state index contributed by atoms with van der Waals surface area (Å²) in [4.78, 5) is 0. The number of aryl methyl sites for hydroxylation is 1. The second-order valence-corrected chi connectivity index (χ2v) is 6.31. The number of benzene rings is 2. The maximum absolute atomic E-state index is 2.39. The van der Waals surface area contributed by atoms with Crippen molar-refractivity contribution in [3.05, 3.63) is 64.7 Å². The van der Waals surface area contributed by atoms with E-state index in [0.29, 0.717) is 5.92 Å². The molecule has 0 amide bonds. The maximum Gasteiger partial charge on any atom is -0.0140 e. The Bertz CT molecular complexity index is 759. The quantitative estimate of drug-likeness (QED) is 0.565. The lowest BCUT2D eigenvalue weighted by molar-refractivity contribution is 0.710. The lowest BCUT2D eigenvalue weighted by atomic mass is 9.75. The molecule has 20 heavy (non-hydrogen) atoms. The molecule has 0 aliphatic heterocycles. The Morgan fingerprint density at radius 3 is 2.90 bits per heavy atom. The van der Waals surface area contributed by atoms with Crippen molar-refractivity contribution in [1.82, 2.24) is 0 Å². The Morgan fingerprint density at radius 1 is 1.10 bits per heavy atom. The summed E-state index contributed by atoms with van der Waals surface area (Å²) in [6.45, 7) is 4.56. The van der Waals surface area contributed by atoms with Gasteiger partial charge in [0.2, 0.25) is 0 Å². The smallest absolute Gasteiger partial charge is 0.0140 e. The third-order valence-corrected chi connectivity index (χ3v) is 4.83. The molecule has 2 aromatic rings. The van der Waals surface area contributed by atoms with E-state index in [1.165, 1.54) is 46.7 Å². The van der Waals surface area contributed by atoms with Gasteiger partial charge in [0.25, 0.3) is 0 Å². The first kappa shape index (κ1) is 12.0. The summed E-state index contributed by atoms with van der Waals surface area (Å²) in [5.74, 6) is 0.640. The molecule has 0 aromatic heterocycles. The fourth-order valence-electron chi connectivity index (χ4n) is 3.91. The molecule has 1 atom stereocenters. The average molecular weight is 260 g/mol. The van der Waals surface area contributed by atoms with Crippen LogP contribution in [0.25, 0.3) is 16.3 Å². The van der Waals surface area contributed by atoms with Gasteiger partial charge in [-0.3, -0.25) is 0 Å². The summed E-state index contributed by atoms with van der Waals surface area (Å²) in [7, 11) is 0. The van der Waals surface area contributed by atoms with Crippen LogP contribution in [0.15, 0.2) is 48.1 Å². The van der Waals surface area contributed by atoms with Gasteiger partial charge in [0.1, 0.15) is 0 Å². The zero-order valence-corrected chi connectivity index (χ0v) is 12.2. The van der Waals surface area contributed by atoms with Crippen LogP contribution in [0.1, 0.15) is 48.8 Å². The van der Waals surface area contributed by atoms with Crippen molar-refractivity contribution in [2.24, 2.45) is 0 Å². The van der Waals surface area contributed by atoms with Gasteiger partial charge in [0.15, 0.2) is 0 Å². The molecule has 1 unspecified atom stereocenters. The summed E-state index contributed by atoms with van der Waals surface area (Å²) < 4.78 is 0. The fraction of sp³-hybridized carbons (Fsp3) is 0.300. The zero-order valence-electron chi connectivity index (χ0n) is 12.2. The molecule has 0 heterocycles. The van der Waals surface area contributed by atoms with Crippen molar-refractivity contribution < 1.29 is 0 Å². The SMILES string of the molecule is Cc1ccc2c3c(ccc2c1)C1=C(CCC=C1)CC3C. The topological polar surface area (TPSA) is 0 Å². The monoisotopic (exact) mass is 260 g/mol. The van der Waals surface area contributed by atoms with Gasteiger partial charge in [0.05, 0.1) is 0 Å². The molecule has 0 saturated carbocycles. The molecule has 0 nitrogen and oxygen atoms in total. The fourth-order valence-corrected chi connectivity index (χ4v) is 3.91. The summed E-state index contributed by atoms with van der Waals surface area (Å²) in [6, 6.07) is 11.5. The predicted molar refractivity (Wildman–Crippen MR) is 87.0 cm³/mol. The summed E-state index contributed by atoms with van der Waals surface area (Å²) >= 11 is 0. The number of hydrogen-bond acceptors (Lipinski definition) is 0. The van der Waals surface area contributed by atoms with Gasteiger partial charge in [-0.05, 0) is 59.6 Å². The molecule has 4 rings (SSSR count). The second kappa shape index (κ2) is 4.34. The molecule has 2 aliphatic rings.